The smallest absolute Gasteiger partial charge is 0.379 e. The van der Waals surface area contributed by atoms with E-state index in [9.17, 15) is 4.57 Å². The molecule has 0 aromatic carbocycles. The van der Waals surface area contributed by atoms with Gasteiger partial charge < -0.3 is 9.47 Å². The number of nitrogens with one attached hydrogen (secondary N) is 1. The fourth-order valence-corrected chi connectivity index (χ4v) is 2.28. The molecule has 17 heavy (non-hydrogen) atoms. The Morgan fingerprint density at radius 2 is 1.94 bits per heavy atom. The van der Waals surface area contributed by atoms with E-state index in [1.54, 1.807) is 0 Å². The highest BCUT2D eigenvalue weighted by atomic mass is 31.2. The molecule has 1 unspecified atom stereocenters. The first-order valence-corrected chi connectivity index (χ1v) is 7.24. The Morgan fingerprint density at radius 1 is 1.29 bits per heavy atom. The van der Waals surface area contributed by atoms with E-state index >= 15 is 0 Å². The maximum Gasteiger partial charge on any atom is 0.432 e. The van der Waals surface area contributed by atoms with Crippen molar-refractivity contribution in [2.75, 3.05) is 39.6 Å². The van der Waals surface area contributed by atoms with Gasteiger partial charge in [0.25, 0.3) is 0 Å². The Kier molecular flexibility index (Phi) is 7.22. The zero-order valence-electron chi connectivity index (χ0n) is 10.2. The standard InChI is InChI=1S/C9H20NO6P/c1-3-12-7-9(8-13-4-2)15-16-17(11)10-5-6-14-17/h9H,3-8H2,1-2H3,(H,10,11). The molecule has 0 saturated carbocycles. The molecule has 1 aliphatic heterocycles. The topological polar surface area (TPSA) is 75.2 Å². The minimum Gasteiger partial charge on any atom is -0.379 e. The number of ether oxygens (including phenoxy) is 2. The molecule has 1 aliphatic rings. The van der Waals surface area contributed by atoms with Gasteiger partial charge in [-0.15, -0.1) is 4.67 Å². The first kappa shape index (κ1) is 15.0. The molecule has 1 saturated heterocycles. The number of hydrogen-bond donors (Lipinski definition) is 1. The fraction of sp³-hybridized carbons (Fsp3) is 1.00. The highest BCUT2D eigenvalue weighted by Gasteiger charge is 2.32. The summed E-state index contributed by atoms with van der Waals surface area (Å²) in [5.74, 6) is 0. The molecule has 0 aromatic heterocycles. The molecule has 7 nitrogen and oxygen atoms in total. The number of rotatable bonds is 9. The van der Waals surface area contributed by atoms with Crippen molar-refractivity contribution in [3.8, 4) is 0 Å². The van der Waals surface area contributed by atoms with E-state index in [2.05, 4.69) is 5.09 Å². The van der Waals surface area contributed by atoms with Crippen LogP contribution in [0.15, 0.2) is 0 Å². The predicted molar refractivity (Wildman–Crippen MR) is 60.5 cm³/mol. The summed E-state index contributed by atoms with van der Waals surface area (Å²) in [4.78, 5) is 5.03. The largest absolute Gasteiger partial charge is 0.432 e. The Bertz CT molecular complexity index is 234. The Hall–Kier alpha value is -0.0100. The van der Waals surface area contributed by atoms with Crippen molar-refractivity contribution in [1.29, 1.82) is 0 Å². The highest BCUT2D eigenvalue weighted by Crippen LogP contribution is 2.46. The van der Waals surface area contributed by atoms with E-state index in [0.717, 1.165) is 0 Å². The van der Waals surface area contributed by atoms with Crippen LogP contribution in [-0.2, 0) is 28.1 Å². The van der Waals surface area contributed by atoms with Crippen LogP contribution < -0.4 is 5.09 Å². The van der Waals surface area contributed by atoms with Crippen LogP contribution in [0, 0.1) is 0 Å². The normalized spacial score (nSPS) is 24.6. The molecular weight excluding hydrogens is 249 g/mol. The fourth-order valence-electron chi connectivity index (χ4n) is 1.16. The van der Waals surface area contributed by atoms with Crippen LogP contribution in [0.25, 0.3) is 0 Å². The van der Waals surface area contributed by atoms with Gasteiger partial charge in [0.05, 0.1) is 19.8 Å². The SMILES string of the molecule is CCOCC(COCC)OOP1(=O)NCCO1. The third kappa shape index (κ3) is 5.92. The van der Waals surface area contributed by atoms with E-state index in [4.69, 9.17) is 23.6 Å². The molecule has 1 rings (SSSR count). The van der Waals surface area contributed by atoms with Crippen LogP contribution in [0.5, 0.6) is 0 Å². The van der Waals surface area contributed by atoms with Gasteiger partial charge in [0, 0.05) is 19.8 Å². The molecule has 1 fully saturated rings. The van der Waals surface area contributed by atoms with Gasteiger partial charge in [-0.25, -0.2) is 14.5 Å². The molecule has 8 heteroatoms. The summed E-state index contributed by atoms with van der Waals surface area (Å²) in [6.45, 7) is 6.36. The average molecular weight is 269 g/mol. The summed E-state index contributed by atoms with van der Waals surface area (Å²) in [6, 6.07) is 0. The summed E-state index contributed by atoms with van der Waals surface area (Å²) in [7, 11) is -3.27. The maximum absolute atomic E-state index is 11.7. The second-order valence-corrected chi connectivity index (χ2v) is 5.07. The zero-order chi connectivity index (χ0) is 12.6. The van der Waals surface area contributed by atoms with Gasteiger partial charge in [-0.2, -0.15) is 0 Å². The first-order chi connectivity index (χ1) is 8.20. The molecule has 0 aliphatic carbocycles. The molecule has 102 valence electrons. The molecule has 0 aromatic rings. The second-order valence-electron chi connectivity index (χ2n) is 3.35. The highest BCUT2D eigenvalue weighted by molar-refractivity contribution is 7.51. The van der Waals surface area contributed by atoms with Gasteiger partial charge in [0.1, 0.15) is 6.10 Å². The van der Waals surface area contributed by atoms with E-state index in [1.165, 1.54) is 0 Å². The lowest BCUT2D eigenvalue weighted by atomic mass is 10.4. The van der Waals surface area contributed by atoms with E-state index < -0.39 is 13.9 Å². The predicted octanol–water partition coefficient (Wildman–Crippen LogP) is 1.10. The Balaban J connectivity index is 2.28. The third-order valence-corrected chi connectivity index (χ3v) is 3.38. The summed E-state index contributed by atoms with van der Waals surface area (Å²) in [5, 5.41) is 2.61. The van der Waals surface area contributed by atoms with Crippen molar-refractivity contribution in [3.05, 3.63) is 0 Å². The van der Waals surface area contributed by atoms with Gasteiger partial charge in [0.2, 0.25) is 0 Å². The second kappa shape index (κ2) is 8.16. The lowest BCUT2D eigenvalue weighted by molar-refractivity contribution is -0.270. The quantitative estimate of drug-likeness (QED) is 0.381. The minimum atomic E-state index is -3.27. The van der Waals surface area contributed by atoms with Gasteiger partial charge in [-0.3, -0.25) is 4.52 Å². The van der Waals surface area contributed by atoms with Crippen molar-refractivity contribution in [2.24, 2.45) is 0 Å². The first-order valence-electron chi connectivity index (χ1n) is 5.70. The van der Waals surface area contributed by atoms with Crippen LogP contribution in [0.4, 0.5) is 0 Å². The van der Waals surface area contributed by atoms with Crippen LogP contribution >= 0.6 is 7.75 Å². The van der Waals surface area contributed by atoms with Gasteiger partial charge in [-0.05, 0) is 13.8 Å². The molecular formula is C9H20NO6P. The Labute approximate surface area is 101 Å². The lowest BCUT2D eigenvalue weighted by Gasteiger charge is -2.18. The van der Waals surface area contributed by atoms with Crippen molar-refractivity contribution in [1.82, 2.24) is 5.09 Å². The van der Waals surface area contributed by atoms with Crippen LogP contribution in [0.2, 0.25) is 0 Å². The summed E-state index contributed by atoms with van der Waals surface area (Å²) in [6.07, 6.45) is -0.424. The maximum atomic E-state index is 11.7. The monoisotopic (exact) mass is 269 g/mol. The van der Waals surface area contributed by atoms with Crippen LogP contribution in [0.3, 0.4) is 0 Å². The van der Waals surface area contributed by atoms with E-state index in [0.29, 0.717) is 39.6 Å². The van der Waals surface area contributed by atoms with Gasteiger partial charge in [-0.1, -0.05) is 0 Å². The van der Waals surface area contributed by atoms with Crippen molar-refractivity contribution in [2.45, 2.75) is 20.0 Å². The molecule has 0 spiro atoms. The third-order valence-electron chi connectivity index (χ3n) is 1.96. The van der Waals surface area contributed by atoms with Gasteiger partial charge in [0.15, 0.2) is 0 Å². The van der Waals surface area contributed by atoms with E-state index in [1.807, 2.05) is 13.8 Å². The van der Waals surface area contributed by atoms with Crippen LogP contribution in [0.1, 0.15) is 13.8 Å². The van der Waals surface area contributed by atoms with Crippen molar-refractivity contribution in [3.63, 3.8) is 0 Å². The lowest BCUT2D eigenvalue weighted by Crippen LogP contribution is -2.26. The summed E-state index contributed by atoms with van der Waals surface area (Å²) >= 11 is 0. The molecule has 1 heterocycles. The van der Waals surface area contributed by atoms with Crippen molar-refractivity contribution < 1.29 is 28.1 Å². The van der Waals surface area contributed by atoms with Crippen LogP contribution in [-0.4, -0.2) is 45.7 Å². The van der Waals surface area contributed by atoms with Gasteiger partial charge >= 0.3 is 7.75 Å². The molecule has 0 amide bonds. The Morgan fingerprint density at radius 3 is 2.41 bits per heavy atom. The average Bonchev–Trinajstić information content (AvgIpc) is 2.76. The zero-order valence-corrected chi connectivity index (χ0v) is 11.1. The van der Waals surface area contributed by atoms with E-state index in [-0.39, 0.29) is 0 Å². The molecule has 1 atom stereocenters. The minimum absolute atomic E-state index is 0.316. The molecule has 0 bridgehead atoms. The summed E-state index contributed by atoms with van der Waals surface area (Å²) in [5.41, 5.74) is 0. The number of hydrogen-bond acceptors (Lipinski definition) is 6. The molecule has 1 N–H and O–H groups in total. The van der Waals surface area contributed by atoms with Crippen molar-refractivity contribution >= 4 is 7.75 Å². The summed E-state index contributed by atoms with van der Waals surface area (Å²) < 4.78 is 31.8. The molecule has 0 radical (unpaired) electrons.